The van der Waals surface area contributed by atoms with Gasteiger partial charge in [0.1, 0.15) is 23.5 Å². The number of fused-ring (bicyclic) bond motifs is 3. The van der Waals surface area contributed by atoms with Crippen molar-refractivity contribution in [3.8, 4) is 5.75 Å². The number of carboxylic acids is 1. The number of aliphatic hydroxyl groups is 4. The summed E-state index contributed by atoms with van der Waals surface area (Å²) in [7, 11) is 0. The number of amides is 1. The minimum absolute atomic E-state index is 0.347. The van der Waals surface area contributed by atoms with Crippen molar-refractivity contribution in [3.05, 3.63) is 51.5 Å². The predicted octanol–water partition coefficient (Wildman–Crippen LogP) is -1.17. The van der Waals surface area contributed by atoms with E-state index in [0.29, 0.717) is 11.8 Å². The summed E-state index contributed by atoms with van der Waals surface area (Å²) in [5, 5.41) is 66.7. The topological polar surface area (TPSA) is 219 Å². The van der Waals surface area contributed by atoms with Crippen molar-refractivity contribution in [3.63, 3.8) is 0 Å². The highest BCUT2D eigenvalue weighted by Crippen LogP contribution is 2.56. The van der Waals surface area contributed by atoms with Crippen LogP contribution >= 0.6 is 11.8 Å². The number of carboxylic acid groups (broad SMARTS) is 1. The number of phenolic OH excluding ortho intramolecular Hbond substituents is 1. The van der Waals surface area contributed by atoms with E-state index in [9.17, 15) is 54.6 Å². The van der Waals surface area contributed by atoms with Crippen LogP contribution in [0, 0.1) is 0 Å². The van der Waals surface area contributed by atoms with Gasteiger partial charge in [0.05, 0.1) is 16.7 Å². The second-order valence-corrected chi connectivity index (χ2v) is 10.5. The van der Waals surface area contributed by atoms with Crippen LogP contribution < -0.4 is 5.32 Å². The lowest BCUT2D eigenvalue weighted by Crippen LogP contribution is -2.75. The summed E-state index contributed by atoms with van der Waals surface area (Å²) in [5.74, 6) is -6.70. The van der Waals surface area contributed by atoms with Crippen LogP contribution in [-0.4, -0.2) is 94.6 Å². The number of aliphatic carboxylic acids is 1. The third-order valence-corrected chi connectivity index (χ3v) is 8.05. The van der Waals surface area contributed by atoms with Crippen molar-refractivity contribution >= 4 is 41.0 Å². The highest BCUT2D eigenvalue weighted by molar-refractivity contribution is 8.03. The first-order chi connectivity index (χ1) is 17.1. The van der Waals surface area contributed by atoms with E-state index >= 15 is 0 Å². The van der Waals surface area contributed by atoms with Gasteiger partial charge in [0.2, 0.25) is 11.7 Å². The summed E-state index contributed by atoms with van der Waals surface area (Å²) in [4.78, 5) is 62.9. The zero-order valence-corrected chi connectivity index (χ0v) is 20.3. The van der Waals surface area contributed by atoms with E-state index in [1.165, 1.54) is 12.1 Å². The number of phenols is 1. The van der Waals surface area contributed by atoms with Gasteiger partial charge in [-0.05, 0) is 19.1 Å². The number of ketones is 3. The standard InChI is InChI=1S/C24H23NO11S/c1-9(26)25-12(21(32)33)7-37-14-6-11-16(18(29)10-4-3-5-13(27)15(10)17(11)28)24(36)20(31)19(30)22(2,34)8-23(14,24)35/h3-6,12,19,27,30,34-36H,7-8H2,1-2H3,(H,25,26)(H,32,33)/t12-,19+,22-,23+,24+/m1/s1. The number of hydrogen-bond donors (Lipinski definition) is 7. The molecule has 13 heteroatoms. The molecule has 0 heterocycles. The molecule has 3 aliphatic carbocycles. The van der Waals surface area contributed by atoms with Gasteiger partial charge in [0, 0.05) is 35.1 Å². The van der Waals surface area contributed by atoms with E-state index in [-0.39, 0.29) is 10.5 Å². The lowest BCUT2D eigenvalue weighted by molar-refractivity contribution is -0.210. The van der Waals surface area contributed by atoms with Gasteiger partial charge in [-0.1, -0.05) is 12.1 Å². The van der Waals surface area contributed by atoms with Crippen molar-refractivity contribution in [2.24, 2.45) is 0 Å². The average molecular weight is 534 g/mol. The van der Waals surface area contributed by atoms with Crippen molar-refractivity contribution < 1.29 is 54.6 Å². The van der Waals surface area contributed by atoms with Crippen LogP contribution in [0.1, 0.15) is 41.0 Å². The Morgan fingerprint density at radius 1 is 1.16 bits per heavy atom. The minimum Gasteiger partial charge on any atom is -0.507 e. The first-order valence-corrected chi connectivity index (χ1v) is 12.0. The molecule has 1 fully saturated rings. The van der Waals surface area contributed by atoms with Gasteiger partial charge in [0.25, 0.3) is 0 Å². The smallest absolute Gasteiger partial charge is 0.327 e. The Morgan fingerprint density at radius 2 is 1.81 bits per heavy atom. The molecule has 0 aromatic heterocycles. The minimum atomic E-state index is -3.22. The molecule has 1 amide bonds. The van der Waals surface area contributed by atoms with Gasteiger partial charge >= 0.3 is 5.97 Å². The van der Waals surface area contributed by atoms with Gasteiger partial charge < -0.3 is 36.0 Å². The fourth-order valence-corrected chi connectivity index (χ4v) is 6.23. The molecule has 1 saturated carbocycles. The molecular formula is C24H23NO11S. The Morgan fingerprint density at radius 3 is 2.41 bits per heavy atom. The number of Topliss-reactive ketones (excluding diaryl/α,β-unsaturated/α-hetero) is 3. The summed E-state index contributed by atoms with van der Waals surface area (Å²) >= 11 is 0.558. The van der Waals surface area contributed by atoms with Crippen molar-refractivity contribution in [2.45, 2.75) is 49.2 Å². The van der Waals surface area contributed by atoms with Gasteiger partial charge in [-0.3, -0.25) is 19.2 Å². The third-order valence-electron chi connectivity index (χ3n) is 6.79. The third kappa shape index (κ3) is 3.73. The zero-order chi connectivity index (χ0) is 27.7. The quantitative estimate of drug-likeness (QED) is 0.238. The first kappa shape index (κ1) is 26.7. The van der Waals surface area contributed by atoms with Crippen LogP contribution in [0.4, 0.5) is 0 Å². The number of hydrogen-bond acceptors (Lipinski definition) is 11. The van der Waals surface area contributed by atoms with Crippen molar-refractivity contribution in [2.75, 3.05) is 5.75 Å². The maximum absolute atomic E-state index is 13.5. The molecule has 0 spiro atoms. The van der Waals surface area contributed by atoms with Crippen molar-refractivity contribution in [1.82, 2.24) is 5.32 Å². The van der Waals surface area contributed by atoms with Crippen molar-refractivity contribution in [1.29, 1.82) is 0 Å². The van der Waals surface area contributed by atoms with Crippen LogP contribution in [-0.2, 0) is 14.4 Å². The van der Waals surface area contributed by atoms with Crippen LogP contribution in [0.25, 0.3) is 0 Å². The fraction of sp³-hybridized carbons (Fsp3) is 0.375. The first-order valence-electron chi connectivity index (χ1n) is 11.0. The van der Waals surface area contributed by atoms with E-state index in [2.05, 4.69) is 5.32 Å². The fourth-order valence-electron chi connectivity index (χ4n) is 5.00. The zero-order valence-electron chi connectivity index (χ0n) is 19.5. The Bertz CT molecular complexity index is 1350. The van der Waals surface area contributed by atoms with Crippen LogP contribution in [0.5, 0.6) is 5.75 Å². The molecule has 0 bridgehead atoms. The summed E-state index contributed by atoms with van der Waals surface area (Å²) in [6.45, 7) is 2.11. The van der Waals surface area contributed by atoms with Gasteiger partial charge in [-0.2, -0.15) is 0 Å². The second kappa shape index (κ2) is 8.60. The highest BCUT2D eigenvalue weighted by atomic mass is 32.2. The number of carbonyl (C=O) groups is 5. The number of allylic oxidation sites excluding steroid dienone is 2. The number of benzene rings is 1. The van der Waals surface area contributed by atoms with E-state index in [4.69, 9.17) is 0 Å². The molecule has 0 radical (unpaired) electrons. The molecule has 3 aliphatic rings. The van der Waals surface area contributed by atoms with Crippen LogP contribution in [0.15, 0.2) is 40.3 Å². The number of aromatic hydroxyl groups is 1. The number of thioether (sulfide) groups is 1. The van der Waals surface area contributed by atoms with E-state index in [1.807, 2.05) is 0 Å². The lowest BCUT2D eigenvalue weighted by Gasteiger charge is -2.55. The number of rotatable bonds is 5. The Hall–Kier alpha value is -3.36. The largest absolute Gasteiger partial charge is 0.507 e. The van der Waals surface area contributed by atoms with E-state index in [0.717, 1.165) is 26.0 Å². The average Bonchev–Trinajstić information content (AvgIpc) is 2.80. The molecule has 37 heavy (non-hydrogen) atoms. The summed E-state index contributed by atoms with van der Waals surface area (Å²) in [6, 6.07) is 2.10. The molecule has 12 nitrogen and oxygen atoms in total. The molecule has 0 saturated heterocycles. The SMILES string of the molecule is CC(=O)N[C@H](CSC1=CC2=C(C(=O)c3cccc(O)c3C2=O)[C@]2(O)C(=O)[C@H](O)[C@](C)(O)C[C@]12O)C(=O)O. The Kier molecular flexibility index (Phi) is 6.20. The Balaban J connectivity index is 1.94. The normalized spacial score (nSPS) is 31.7. The summed E-state index contributed by atoms with van der Waals surface area (Å²) in [6.07, 6.45) is -2.17. The van der Waals surface area contributed by atoms with Gasteiger partial charge in [0.15, 0.2) is 17.2 Å². The maximum atomic E-state index is 13.5. The highest BCUT2D eigenvalue weighted by Gasteiger charge is 2.71. The molecular weight excluding hydrogens is 510 g/mol. The van der Waals surface area contributed by atoms with Gasteiger partial charge in [-0.15, -0.1) is 11.8 Å². The maximum Gasteiger partial charge on any atom is 0.327 e. The second-order valence-electron chi connectivity index (χ2n) is 9.43. The van der Waals surface area contributed by atoms with E-state index in [1.54, 1.807) is 0 Å². The molecule has 0 unspecified atom stereocenters. The van der Waals surface area contributed by atoms with E-state index < -0.39 is 92.8 Å². The summed E-state index contributed by atoms with van der Waals surface area (Å²) < 4.78 is 0. The van der Waals surface area contributed by atoms with Gasteiger partial charge in [-0.25, -0.2) is 4.79 Å². The molecule has 4 rings (SSSR count). The van der Waals surface area contributed by atoms with Crippen LogP contribution in [0.2, 0.25) is 0 Å². The predicted molar refractivity (Wildman–Crippen MR) is 126 cm³/mol. The number of aliphatic hydroxyl groups excluding tert-OH is 1. The van der Waals surface area contributed by atoms with Crippen LogP contribution in [0.3, 0.4) is 0 Å². The lowest BCUT2D eigenvalue weighted by atomic mass is 9.56. The molecule has 1 aromatic carbocycles. The molecule has 7 N–H and O–H groups in total. The summed E-state index contributed by atoms with van der Waals surface area (Å²) in [5.41, 5.74) is -10.4. The molecule has 0 aliphatic heterocycles. The molecule has 196 valence electrons. The molecule has 5 atom stereocenters. The molecule has 1 aromatic rings. The number of nitrogens with one attached hydrogen (secondary N) is 1. The monoisotopic (exact) mass is 533 g/mol. The number of carbonyl (C=O) groups excluding carboxylic acids is 4. The Labute approximate surface area is 213 Å².